The Balaban J connectivity index is 2.60. The molecule has 0 fully saturated rings. The predicted octanol–water partition coefficient (Wildman–Crippen LogP) is 2.41. The van der Waals surface area contributed by atoms with E-state index in [0.717, 1.165) is 6.08 Å². The van der Waals surface area contributed by atoms with Gasteiger partial charge in [0.1, 0.15) is 6.10 Å². The molecule has 40 heavy (non-hydrogen) atoms. The lowest BCUT2D eigenvalue weighted by Crippen LogP contribution is -2.37. The van der Waals surface area contributed by atoms with Crippen LogP contribution in [0.25, 0.3) is 0 Å². The number of Topliss-reactive ketones (excluding diaryl/α,β-unsaturated/α-hetero) is 1. The zero-order chi connectivity index (χ0) is 30.1. The first-order valence-electron chi connectivity index (χ1n) is 13.0. The first-order chi connectivity index (χ1) is 18.8. The monoisotopic (exact) mass is 560 g/mol. The number of ketones is 2. The Morgan fingerprint density at radius 3 is 2.35 bits per heavy atom. The summed E-state index contributed by atoms with van der Waals surface area (Å²) >= 11 is 0. The molecule has 2 amide bonds. The lowest BCUT2D eigenvalue weighted by Gasteiger charge is -2.29. The van der Waals surface area contributed by atoms with Crippen molar-refractivity contribution in [3.63, 3.8) is 0 Å². The highest BCUT2D eigenvalue weighted by molar-refractivity contribution is 6.23. The number of carbonyl (C=O) groups excluding carboxylic acids is 4. The van der Waals surface area contributed by atoms with Crippen molar-refractivity contribution >= 4 is 23.6 Å². The van der Waals surface area contributed by atoms with E-state index in [4.69, 9.17) is 24.7 Å². The first-order valence-corrected chi connectivity index (χ1v) is 13.0. The van der Waals surface area contributed by atoms with Crippen LogP contribution in [0.1, 0.15) is 40.5 Å². The fourth-order valence-corrected chi connectivity index (χ4v) is 4.78. The van der Waals surface area contributed by atoms with Gasteiger partial charge in [0.25, 0.3) is 5.91 Å². The van der Waals surface area contributed by atoms with E-state index in [1.54, 1.807) is 32.1 Å². The Morgan fingerprint density at radius 2 is 1.77 bits per heavy atom. The summed E-state index contributed by atoms with van der Waals surface area (Å²) in [5.41, 5.74) is 6.12. The first kappa shape index (κ1) is 32.7. The molecule has 4 N–H and O–H groups in total. The number of hydrogen-bond donors (Lipinski definition) is 3. The molecular formula is C29H40N2O9. The van der Waals surface area contributed by atoms with Crippen molar-refractivity contribution in [2.75, 3.05) is 21.3 Å². The van der Waals surface area contributed by atoms with Gasteiger partial charge in [0.15, 0.2) is 11.9 Å². The highest BCUT2D eigenvalue weighted by Gasteiger charge is 2.34. The quantitative estimate of drug-likeness (QED) is 0.346. The van der Waals surface area contributed by atoms with Crippen LogP contribution in [0.3, 0.4) is 0 Å². The third-order valence-corrected chi connectivity index (χ3v) is 6.95. The molecule has 3 unspecified atom stereocenters. The lowest BCUT2D eigenvalue weighted by atomic mass is 9.85. The molecule has 0 radical (unpaired) electrons. The predicted molar refractivity (Wildman–Crippen MR) is 147 cm³/mol. The van der Waals surface area contributed by atoms with Gasteiger partial charge in [0, 0.05) is 37.4 Å². The number of nitrogens with two attached hydrogens (primary N) is 1. The van der Waals surface area contributed by atoms with Gasteiger partial charge in [-0.05, 0) is 38.2 Å². The van der Waals surface area contributed by atoms with Crippen molar-refractivity contribution in [2.24, 2.45) is 17.6 Å². The SMILES string of the molecule is COC1=C2C[C@@H](C)CC(OC)[C@H](O)[C@@H](C)/C=C(\C)C(OC(N)=O)C(OC)/C=C\C=C(/C)C(=O)NC(=CC1=O)C2=O. The number of allylic oxidation sites excluding steroid dienone is 4. The molecule has 6 atom stereocenters. The number of aliphatic hydroxyl groups excluding tert-OH is 1. The molecule has 220 valence electrons. The second-order valence-corrected chi connectivity index (χ2v) is 10.1. The highest BCUT2D eigenvalue weighted by atomic mass is 16.6. The van der Waals surface area contributed by atoms with Gasteiger partial charge in [0.2, 0.25) is 11.6 Å². The summed E-state index contributed by atoms with van der Waals surface area (Å²) < 4.78 is 21.7. The van der Waals surface area contributed by atoms with E-state index in [2.05, 4.69) is 5.32 Å². The van der Waals surface area contributed by atoms with E-state index in [-0.39, 0.29) is 34.9 Å². The van der Waals surface area contributed by atoms with Gasteiger partial charge in [-0.25, -0.2) is 4.79 Å². The van der Waals surface area contributed by atoms with Crippen LogP contribution in [0, 0.1) is 11.8 Å². The Morgan fingerprint density at radius 1 is 1.10 bits per heavy atom. The van der Waals surface area contributed by atoms with E-state index in [9.17, 15) is 24.3 Å². The zero-order valence-electron chi connectivity index (χ0n) is 24.1. The summed E-state index contributed by atoms with van der Waals surface area (Å²) in [6, 6.07) is 0. The zero-order valence-corrected chi connectivity index (χ0v) is 24.1. The smallest absolute Gasteiger partial charge is 0.405 e. The second kappa shape index (κ2) is 14.7. The van der Waals surface area contributed by atoms with Crippen molar-refractivity contribution < 1.29 is 43.2 Å². The van der Waals surface area contributed by atoms with Crippen molar-refractivity contribution in [3.05, 3.63) is 58.6 Å². The molecule has 11 nitrogen and oxygen atoms in total. The van der Waals surface area contributed by atoms with Gasteiger partial charge in [-0.2, -0.15) is 0 Å². The Labute approximate surface area is 234 Å². The molecule has 0 saturated carbocycles. The van der Waals surface area contributed by atoms with Gasteiger partial charge >= 0.3 is 6.09 Å². The second-order valence-electron chi connectivity index (χ2n) is 10.1. The number of rotatable bonds is 4. The molecule has 1 aliphatic carbocycles. The summed E-state index contributed by atoms with van der Waals surface area (Å²) in [5, 5.41) is 13.7. The van der Waals surface area contributed by atoms with Crippen LogP contribution >= 0.6 is 0 Å². The largest absolute Gasteiger partial charge is 0.492 e. The molecule has 2 bridgehead atoms. The molecule has 0 aromatic carbocycles. The van der Waals surface area contributed by atoms with Crippen LogP contribution in [0.4, 0.5) is 4.79 Å². The molecule has 0 spiro atoms. The van der Waals surface area contributed by atoms with Gasteiger partial charge in [-0.15, -0.1) is 0 Å². The number of amides is 2. The molecule has 0 saturated heterocycles. The van der Waals surface area contributed by atoms with Crippen LogP contribution in [-0.2, 0) is 33.3 Å². The summed E-state index contributed by atoms with van der Waals surface area (Å²) in [5.74, 6) is -2.39. The minimum Gasteiger partial charge on any atom is -0.492 e. The minimum atomic E-state index is -1.00. The maximum absolute atomic E-state index is 13.3. The van der Waals surface area contributed by atoms with E-state index in [1.165, 1.54) is 34.3 Å². The van der Waals surface area contributed by atoms with Gasteiger partial charge in [0.05, 0.1) is 25.0 Å². The van der Waals surface area contributed by atoms with Crippen molar-refractivity contribution in [1.29, 1.82) is 0 Å². The Hall–Kier alpha value is -3.54. The number of ether oxygens (including phenoxy) is 4. The number of aliphatic hydroxyl groups is 1. The molecule has 11 heteroatoms. The number of fused-ring (bicyclic) bond motifs is 2. The number of hydrogen-bond acceptors (Lipinski definition) is 9. The maximum atomic E-state index is 13.3. The van der Waals surface area contributed by atoms with E-state index in [0.29, 0.717) is 12.0 Å². The number of primary amides is 1. The lowest BCUT2D eigenvalue weighted by molar-refractivity contribution is -0.120. The summed E-state index contributed by atoms with van der Waals surface area (Å²) in [7, 11) is 4.21. The summed E-state index contributed by atoms with van der Waals surface area (Å²) in [6.07, 6.45) is 3.61. The van der Waals surface area contributed by atoms with Crippen LogP contribution in [0.5, 0.6) is 0 Å². The Bertz CT molecular complexity index is 1150. The molecule has 1 aliphatic heterocycles. The van der Waals surface area contributed by atoms with Gasteiger partial charge < -0.3 is 35.1 Å². The third-order valence-electron chi connectivity index (χ3n) is 6.95. The minimum absolute atomic E-state index is 0.0801. The average Bonchev–Trinajstić information content (AvgIpc) is 2.90. The third kappa shape index (κ3) is 8.23. The van der Waals surface area contributed by atoms with E-state index in [1.807, 2.05) is 6.92 Å². The highest BCUT2D eigenvalue weighted by Crippen LogP contribution is 2.29. The molecule has 1 heterocycles. The fourth-order valence-electron chi connectivity index (χ4n) is 4.78. The molecule has 2 aliphatic rings. The molecule has 2 rings (SSSR count). The van der Waals surface area contributed by atoms with Crippen molar-refractivity contribution in [2.45, 2.75) is 65.0 Å². The van der Waals surface area contributed by atoms with Crippen molar-refractivity contribution in [1.82, 2.24) is 5.32 Å². The average molecular weight is 561 g/mol. The fraction of sp³-hybridized carbons (Fsp3) is 0.517. The van der Waals surface area contributed by atoms with Crippen LogP contribution in [0.2, 0.25) is 0 Å². The Kier molecular flexibility index (Phi) is 12.0. The normalized spacial score (nSPS) is 32.7. The van der Waals surface area contributed by atoms with E-state index >= 15 is 0 Å². The molecule has 0 aromatic heterocycles. The van der Waals surface area contributed by atoms with Crippen LogP contribution < -0.4 is 11.1 Å². The molecule has 0 aromatic rings. The molecular weight excluding hydrogens is 520 g/mol. The van der Waals surface area contributed by atoms with Crippen molar-refractivity contribution in [3.8, 4) is 0 Å². The van der Waals surface area contributed by atoms with E-state index < -0.39 is 53.9 Å². The number of methoxy groups -OCH3 is 3. The topological polar surface area (TPSA) is 163 Å². The maximum Gasteiger partial charge on any atom is 0.405 e. The van der Waals surface area contributed by atoms with Gasteiger partial charge in [-0.1, -0.05) is 38.2 Å². The van der Waals surface area contributed by atoms with Crippen LogP contribution in [0.15, 0.2) is 58.6 Å². The summed E-state index contributed by atoms with van der Waals surface area (Å²) in [6.45, 7) is 6.92. The standard InChI is InChI=1S/C29H40N2O9/c1-15-11-19-25(34)20(14-21(32)27(19)39-7)31-28(35)16(2)9-8-10-22(37-5)26(40-29(30)36)18(4)13-17(3)24(33)23(12-15)38-6/h8-10,13-15,17,22-24,26,33H,11-12H2,1-7H3,(H2,30,36)(H,31,35)/b10-8-,16-9+,18-13+/t15-,17+,22?,23?,24-,26?/m1/s1. The van der Waals surface area contributed by atoms with Crippen LogP contribution in [-0.4, -0.2) is 74.4 Å². The summed E-state index contributed by atoms with van der Waals surface area (Å²) in [4.78, 5) is 50.6. The van der Waals surface area contributed by atoms with Gasteiger partial charge in [-0.3, -0.25) is 14.4 Å². The number of carbonyl (C=O) groups is 4. The number of nitrogens with one attached hydrogen (secondary N) is 1.